The van der Waals surface area contributed by atoms with Crippen LogP contribution >= 0.6 is 11.6 Å². The average molecular weight is 618 g/mol. The van der Waals surface area contributed by atoms with Gasteiger partial charge in [0.2, 0.25) is 11.8 Å². The maximum Gasteiger partial charge on any atom is 0.264 e. The summed E-state index contributed by atoms with van der Waals surface area (Å²) >= 11 is 6.51. The minimum absolute atomic E-state index is 0.00862. The maximum atomic E-state index is 14.4. The molecular formula is C34H36ClN3O4S. The van der Waals surface area contributed by atoms with Crippen molar-refractivity contribution in [3.05, 3.63) is 130 Å². The number of likely N-dealkylation sites (N-methyl/N-ethyl adjacent to an activating group) is 1. The highest BCUT2D eigenvalue weighted by Gasteiger charge is 2.34. The van der Waals surface area contributed by atoms with E-state index in [-0.39, 0.29) is 23.8 Å². The van der Waals surface area contributed by atoms with Gasteiger partial charge in [-0.1, -0.05) is 83.9 Å². The molecule has 9 heteroatoms. The molecule has 0 saturated carbocycles. The van der Waals surface area contributed by atoms with Crippen molar-refractivity contribution in [1.29, 1.82) is 0 Å². The monoisotopic (exact) mass is 617 g/mol. The van der Waals surface area contributed by atoms with Gasteiger partial charge in [0.05, 0.1) is 10.6 Å². The standard InChI is InChI=1S/C34H36ClN3O4S/c1-24-14-16-30(17-15-24)43(41,42)38(29-19-25(2)18-26(3)20-29)23-33(39)37(22-28-12-8-9-13-31(28)35)32(34(40)36-4)21-27-10-6-5-7-11-27/h5-20,32H,21-23H2,1-4H3,(H,36,40). The molecule has 1 atom stereocenters. The molecule has 0 heterocycles. The Morgan fingerprint density at radius 1 is 0.814 bits per heavy atom. The second kappa shape index (κ2) is 13.9. The number of nitrogens with one attached hydrogen (secondary N) is 1. The largest absolute Gasteiger partial charge is 0.357 e. The Morgan fingerprint density at radius 3 is 2.02 bits per heavy atom. The summed E-state index contributed by atoms with van der Waals surface area (Å²) in [6.45, 7) is 5.11. The predicted molar refractivity (Wildman–Crippen MR) is 172 cm³/mol. The van der Waals surface area contributed by atoms with Gasteiger partial charge in [-0.15, -0.1) is 0 Å². The number of hydrogen-bond acceptors (Lipinski definition) is 4. The summed E-state index contributed by atoms with van der Waals surface area (Å²) in [5.74, 6) is -0.914. The lowest BCUT2D eigenvalue weighted by atomic mass is 10.0. The second-order valence-electron chi connectivity index (χ2n) is 10.6. The van der Waals surface area contributed by atoms with Gasteiger partial charge in [-0.25, -0.2) is 8.42 Å². The Labute approximate surface area is 259 Å². The highest BCUT2D eigenvalue weighted by Crippen LogP contribution is 2.28. The fraction of sp³-hybridized carbons (Fsp3) is 0.235. The molecule has 224 valence electrons. The molecule has 1 unspecified atom stereocenters. The molecular weight excluding hydrogens is 582 g/mol. The van der Waals surface area contributed by atoms with Gasteiger partial charge in [0.15, 0.2) is 0 Å². The Balaban J connectivity index is 1.82. The number of nitrogens with zero attached hydrogens (tertiary/aromatic N) is 2. The zero-order valence-electron chi connectivity index (χ0n) is 24.7. The number of carbonyl (C=O) groups is 2. The number of aryl methyl sites for hydroxylation is 3. The van der Waals surface area contributed by atoms with Crippen LogP contribution in [0.3, 0.4) is 0 Å². The fourth-order valence-corrected chi connectivity index (χ4v) is 6.58. The normalized spacial score (nSPS) is 11.9. The molecule has 0 saturated heterocycles. The summed E-state index contributed by atoms with van der Waals surface area (Å²) < 4.78 is 29.4. The first-order valence-corrected chi connectivity index (χ1v) is 15.8. The number of benzene rings is 4. The Morgan fingerprint density at radius 2 is 1.42 bits per heavy atom. The van der Waals surface area contributed by atoms with Crippen molar-refractivity contribution in [2.75, 3.05) is 17.9 Å². The lowest BCUT2D eigenvalue weighted by Gasteiger charge is -2.34. The van der Waals surface area contributed by atoms with Gasteiger partial charge in [-0.05, 0) is 73.4 Å². The molecule has 0 fully saturated rings. The van der Waals surface area contributed by atoms with Crippen molar-refractivity contribution in [2.24, 2.45) is 0 Å². The molecule has 7 nitrogen and oxygen atoms in total. The van der Waals surface area contributed by atoms with Crippen LogP contribution in [0, 0.1) is 20.8 Å². The van der Waals surface area contributed by atoms with Crippen LogP contribution in [0.1, 0.15) is 27.8 Å². The molecule has 0 aliphatic carbocycles. The van der Waals surface area contributed by atoms with Gasteiger partial charge in [0.1, 0.15) is 12.6 Å². The van der Waals surface area contributed by atoms with Crippen molar-refractivity contribution in [1.82, 2.24) is 10.2 Å². The number of halogens is 1. The van der Waals surface area contributed by atoms with Crippen molar-refractivity contribution in [2.45, 2.75) is 44.7 Å². The third-order valence-corrected chi connectivity index (χ3v) is 9.36. The highest BCUT2D eigenvalue weighted by atomic mass is 35.5. The first-order chi connectivity index (χ1) is 20.5. The highest BCUT2D eigenvalue weighted by molar-refractivity contribution is 7.92. The van der Waals surface area contributed by atoms with Crippen molar-refractivity contribution < 1.29 is 18.0 Å². The summed E-state index contributed by atoms with van der Waals surface area (Å²) in [6, 6.07) is 27.5. The van der Waals surface area contributed by atoms with Crippen LogP contribution in [0.5, 0.6) is 0 Å². The Bertz CT molecular complexity index is 1670. The number of carbonyl (C=O) groups excluding carboxylic acids is 2. The maximum absolute atomic E-state index is 14.4. The molecule has 0 spiro atoms. The summed E-state index contributed by atoms with van der Waals surface area (Å²) in [7, 11) is -2.65. The molecule has 4 aromatic carbocycles. The second-order valence-corrected chi connectivity index (χ2v) is 12.9. The lowest BCUT2D eigenvalue weighted by molar-refractivity contribution is -0.139. The van der Waals surface area contributed by atoms with E-state index >= 15 is 0 Å². The predicted octanol–water partition coefficient (Wildman–Crippen LogP) is 5.85. The van der Waals surface area contributed by atoms with Gasteiger partial charge in [-0.3, -0.25) is 13.9 Å². The lowest BCUT2D eigenvalue weighted by Crippen LogP contribution is -2.53. The molecule has 2 amide bonds. The van der Waals surface area contributed by atoms with Crippen molar-refractivity contribution in [3.63, 3.8) is 0 Å². The molecule has 0 aromatic heterocycles. The van der Waals surface area contributed by atoms with E-state index in [1.54, 1.807) is 48.5 Å². The third kappa shape index (κ3) is 7.83. The molecule has 1 N–H and O–H groups in total. The molecule has 0 radical (unpaired) electrons. The van der Waals surface area contributed by atoms with E-state index in [2.05, 4.69) is 5.32 Å². The van der Waals surface area contributed by atoms with E-state index in [4.69, 9.17) is 11.6 Å². The quantitative estimate of drug-likeness (QED) is 0.229. The van der Waals surface area contributed by atoms with Crippen molar-refractivity contribution in [3.8, 4) is 0 Å². The molecule has 0 aliphatic rings. The average Bonchev–Trinajstić information content (AvgIpc) is 2.98. The molecule has 43 heavy (non-hydrogen) atoms. The smallest absolute Gasteiger partial charge is 0.264 e. The van der Waals surface area contributed by atoms with Crippen molar-refractivity contribution >= 4 is 39.1 Å². The molecule has 0 aliphatic heterocycles. The van der Waals surface area contributed by atoms with E-state index in [1.807, 2.05) is 57.2 Å². The van der Waals surface area contributed by atoms with Gasteiger partial charge >= 0.3 is 0 Å². The fourth-order valence-electron chi connectivity index (χ4n) is 4.99. The Kier molecular flexibility index (Phi) is 10.3. The van der Waals surface area contributed by atoms with Crippen LogP contribution in [-0.4, -0.2) is 44.8 Å². The molecule has 4 rings (SSSR count). The van der Waals surface area contributed by atoms with E-state index in [9.17, 15) is 18.0 Å². The first-order valence-electron chi connectivity index (χ1n) is 14.0. The summed E-state index contributed by atoms with van der Waals surface area (Å²) in [5.41, 5.74) is 4.47. The summed E-state index contributed by atoms with van der Waals surface area (Å²) in [5, 5.41) is 3.12. The van der Waals surface area contributed by atoms with Crippen LogP contribution in [0.2, 0.25) is 5.02 Å². The summed E-state index contributed by atoms with van der Waals surface area (Å²) in [6.07, 6.45) is 0.227. The van der Waals surface area contributed by atoms with Crippen LogP contribution in [0.4, 0.5) is 5.69 Å². The number of hydrogen-bond donors (Lipinski definition) is 1. The van der Waals surface area contributed by atoms with Gasteiger partial charge in [-0.2, -0.15) is 0 Å². The zero-order chi connectivity index (χ0) is 31.1. The van der Waals surface area contributed by atoms with Crippen LogP contribution < -0.4 is 9.62 Å². The topological polar surface area (TPSA) is 86.8 Å². The molecule has 0 bridgehead atoms. The van der Waals surface area contributed by atoms with E-state index in [0.29, 0.717) is 16.3 Å². The number of rotatable bonds is 11. The van der Waals surface area contributed by atoms with E-state index in [0.717, 1.165) is 26.6 Å². The minimum Gasteiger partial charge on any atom is -0.357 e. The van der Waals surface area contributed by atoms with Gasteiger partial charge in [0, 0.05) is 25.0 Å². The van der Waals surface area contributed by atoms with Gasteiger partial charge in [0.25, 0.3) is 10.0 Å². The zero-order valence-corrected chi connectivity index (χ0v) is 26.3. The van der Waals surface area contributed by atoms with E-state index < -0.39 is 28.5 Å². The SMILES string of the molecule is CNC(=O)C(Cc1ccccc1)N(Cc1ccccc1Cl)C(=O)CN(c1cc(C)cc(C)c1)S(=O)(=O)c1ccc(C)cc1. The number of sulfonamides is 1. The van der Waals surface area contributed by atoms with Crippen LogP contribution in [0.25, 0.3) is 0 Å². The number of anilines is 1. The van der Waals surface area contributed by atoms with Crippen LogP contribution in [0.15, 0.2) is 102 Å². The summed E-state index contributed by atoms with van der Waals surface area (Å²) in [4.78, 5) is 29.2. The minimum atomic E-state index is -4.17. The number of amides is 2. The molecule has 4 aromatic rings. The third-order valence-electron chi connectivity index (χ3n) is 7.20. The Hall–Kier alpha value is -4.14. The van der Waals surface area contributed by atoms with Crippen LogP contribution in [-0.2, 0) is 32.6 Å². The van der Waals surface area contributed by atoms with Gasteiger partial charge < -0.3 is 10.2 Å². The van der Waals surface area contributed by atoms with E-state index in [1.165, 1.54) is 24.1 Å². The first kappa shape index (κ1) is 31.8.